The summed E-state index contributed by atoms with van der Waals surface area (Å²) < 4.78 is 2.05. The van der Waals surface area contributed by atoms with Gasteiger partial charge in [0.25, 0.3) is 11.8 Å². The molecule has 6 rings (SSSR count). The van der Waals surface area contributed by atoms with Gasteiger partial charge in [0.2, 0.25) is 0 Å². The Balaban J connectivity index is 1.53. The number of allylic oxidation sites excluding steroid dienone is 2. The lowest BCUT2D eigenvalue weighted by atomic mass is 9.63. The Hall–Kier alpha value is -3.13. The molecule has 2 heterocycles. The quantitative estimate of drug-likeness (QED) is 0.360. The van der Waals surface area contributed by atoms with Crippen LogP contribution in [0.4, 0.5) is 0 Å². The topological polar surface area (TPSA) is 54.7 Å². The van der Waals surface area contributed by atoms with Crippen LogP contribution in [0, 0.1) is 42.9 Å². The number of rotatable bonds is 3. The summed E-state index contributed by atoms with van der Waals surface area (Å²) in [6, 6.07) is 7.95. The molecule has 2 aromatic rings. The molecule has 1 aromatic carbocycles. The predicted octanol–water partition coefficient (Wildman–Crippen LogP) is 3.11. The fraction of sp³-hybridized carbons (Fsp3) is 0.348. The summed E-state index contributed by atoms with van der Waals surface area (Å²) in [5, 5.41) is 6.50. The van der Waals surface area contributed by atoms with E-state index in [0.29, 0.717) is 6.54 Å². The number of amides is 2. The van der Waals surface area contributed by atoms with Gasteiger partial charge in [0, 0.05) is 22.2 Å². The summed E-state index contributed by atoms with van der Waals surface area (Å²) in [6.07, 6.45) is 13.4. The highest BCUT2D eigenvalue weighted by Crippen LogP contribution is 2.49. The molecule has 3 aliphatic carbocycles. The number of para-hydroxylation sites is 1. The SMILES string of the molecule is C#CCn1c(C)c(/C=N\N2C(=O)[C@@H]3[C@H](C2=O)[C@H]2C=C[C@H]3CC2)c2ccccc21. The Morgan fingerprint density at radius 1 is 1.14 bits per heavy atom. The molecule has 1 aliphatic heterocycles. The Bertz CT molecular complexity index is 1070. The number of aromatic nitrogens is 1. The zero-order chi connectivity index (χ0) is 19.4. The number of carbonyl (C=O) groups is 2. The van der Waals surface area contributed by atoms with Crippen LogP contribution in [0.2, 0.25) is 0 Å². The van der Waals surface area contributed by atoms with E-state index in [1.54, 1.807) is 6.21 Å². The van der Waals surface area contributed by atoms with Crippen LogP contribution in [0.3, 0.4) is 0 Å². The van der Waals surface area contributed by atoms with Gasteiger partial charge in [0.1, 0.15) is 0 Å². The molecule has 4 aliphatic rings. The average Bonchev–Trinajstić information content (AvgIpc) is 3.15. The number of hydrogen-bond donors (Lipinski definition) is 0. The van der Waals surface area contributed by atoms with Gasteiger partial charge in [-0.1, -0.05) is 36.3 Å². The van der Waals surface area contributed by atoms with E-state index in [4.69, 9.17) is 6.42 Å². The lowest BCUT2D eigenvalue weighted by molar-refractivity contribution is -0.140. The molecule has 0 unspecified atom stereocenters. The zero-order valence-corrected chi connectivity index (χ0v) is 15.7. The van der Waals surface area contributed by atoms with Crippen molar-refractivity contribution in [3.05, 3.63) is 47.7 Å². The van der Waals surface area contributed by atoms with Crippen molar-refractivity contribution in [2.45, 2.75) is 26.3 Å². The van der Waals surface area contributed by atoms with E-state index in [2.05, 4.69) is 23.2 Å². The summed E-state index contributed by atoms with van der Waals surface area (Å²) in [4.78, 5) is 25.9. The highest BCUT2D eigenvalue weighted by Gasteiger charge is 2.56. The van der Waals surface area contributed by atoms with Gasteiger partial charge in [-0.25, -0.2) is 0 Å². The molecule has 5 heteroatoms. The van der Waals surface area contributed by atoms with Crippen molar-refractivity contribution in [2.24, 2.45) is 28.8 Å². The number of terminal acetylenes is 1. The molecule has 4 atom stereocenters. The first-order valence-electron chi connectivity index (χ1n) is 9.73. The van der Waals surface area contributed by atoms with Crippen molar-refractivity contribution in [3.63, 3.8) is 0 Å². The maximum absolute atomic E-state index is 12.9. The second kappa shape index (κ2) is 6.20. The maximum Gasteiger partial charge on any atom is 0.254 e. The number of carbonyl (C=O) groups excluding carboxylic acids is 2. The lowest BCUT2D eigenvalue weighted by Gasteiger charge is -2.37. The van der Waals surface area contributed by atoms with Crippen molar-refractivity contribution in [3.8, 4) is 12.3 Å². The number of imide groups is 1. The van der Waals surface area contributed by atoms with Crippen LogP contribution in [0.25, 0.3) is 10.9 Å². The monoisotopic (exact) mass is 371 g/mol. The van der Waals surface area contributed by atoms with Gasteiger partial charge < -0.3 is 4.57 Å². The average molecular weight is 371 g/mol. The predicted molar refractivity (Wildman–Crippen MR) is 107 cm³/mol. The van der Waals surface area contributed by atoms with Crippen LogP contribution >= 0.6 is 0 Å². The van der Waals surface area contributed by atoms with Crippen LogP contribution in [-0.2, 0) is 16.1 Å². The Labute approximate surface area is 163 Å². The van der Waals surface area contributed by atoms with E-state index in [1.807, 2.05) is 35.8 Å². The highest BCUT2D eigenvalue weighted by molar-refractivity contribution is 6.07. The highest BCUT2D eigenvalue weighted by atomic mass is 16.2. The Morgan fingerprint density at radius 2 is 1.79 bits per heavy atom. The zero-order valence-electron chi connectivity index (χ0n) is 15.7. The third kappa shape index (κ3) is 2.24. The summed E-state index contributed by atoms with van der Waals surface area (Å²) in [5.74, 6) is 2.24. The van der Waals surface area contributed by atoms with E-state index < -0.39 is 0 Å². The van der Waals surface area contributed by atoms with Crippen molar-refractivity contribution in [1.82, 2.24) is 9.58 Å². The number of hydrazone groups is 1. The molecular weight excluding hydrogens is 350 g/mol. The molecule has 5 nitrogen and oxygen atoms in total. The van der Waals surface area contributed by atoms with Crippen molar-refractivity contribution >= 4 is 28.9 Å². The lowest BCUT2D eigenvalue weighted by Crippen LogP contribution is -2.38. The van der Waals surface area contributed by atoms with Gasteiger partial charge in [0.15, 0.2) is 0 Å². The van der Waals surface area contributed by atoms with Gasteiger partial charge in [-0.2, -0.15) is 10.1 Å². The minimum Gasteiger partial charge on any atom is -0.333 e. The molecular formula is C23H21N3O2. The van der Waals surface area contributed by atoms with Gasteiger partial charge in [-0.3, -0.25) is 9.59 Å². The Kier molecular flexibility index (Phi) is 3.77. The third-order valence-electron chi connectivity index (χ3n) is 6.57. The van der Waals surface area contributed by atoms with E-state index >= 15 is 0 Å². The number of hydrogen-bond acceptors (Lipinski definition) is 3. The molecule has 2 amide bonds. The van der Waals surface area contributed by atoms with E-state index in [0.717, 1.165) is 40.0 Å². The fourth-order valence-electron chi connectivity index (χ4n) is 5.20. The Morgan fingerprint density at radius 3 is 2.39 bits per heavy atom. The molecule has 1 saturated heterocycles. The van der Waals surface area contributed by atoms with E-state index in [9.17, 15) is 9.59 Å². The molecule has 0 radical (unpaired) electrons. The third-order valence-corrected chi connectivity index (χ3v) is 6.57. The van der Waals surface area contributed by atoms with Gasteiger partial charge in [-0.15, -0.1) is 6.42 Å². The van der Waals surface area contributed by atoms with Crippen molar-refractivity contribution in [1.29, 1.82) is 0 Å². The number of nitrogens with zero attached hydrogens (tertiary/aromatic N) is 3. The second-order valence-electron chi connectivity index (χ2n) is 7.88. The van der Waals surface area contributed by atoms with Crippen LogP contribution < -0.4 is 0 Å². The molecule has 1 aromatic heterocycles. The standard InChI is InChI=1S/C23H21N3O2/c1-3-12-25-14(2)18(17-6-4-5-7-19(17)25)13-24-26-22(27)20-15-8-9-16(11-10-15)21(20)23(26)28/h1,4-9,13,15-16,20-21H,10-12H2,2H3/b24-13-/t15-,16-,20-,21+/m0/s1. The molecule has 0 N–H and O–H groups in total. The molecule has 0 spiro atoms. The van der Waals surface area contributed by atoms with Crippen LogP contribution in [-0.4, -0.2) is 27.6 Å². The minimum atomic E-state index is -0.239. The van der Waals surface area contributed by atoms with Crippen molar-refractivity contribution in [2.75, 3.05) is 0 Å². The first-order chi connectivity index (χ1) is 13.6. The number of benzene rings is 1. The summed E-state index contributed by atoms with van der Waals surface area (Å²) in [5.41, 5.74) is 2.89. The van der Waals surface area contributed by atoms with E-state index in [1.165, 1.54) is 0 Å². The summed E-state index contributed by atoms with van der Waals surface area (Å²) in [6.45, 7) is 2.44. The molecule has 140 valence electrons. The van der Waals surface area contributed by atoms with Gasteiger partial charge >= 0.3 is 0 Å². The minimum absolute atomic E-state index is 0.157. The number of fused-ring (bicyclic) bond motifs is 2. The van der Waals surface area contributed by atoms with Crippen LogP contribution in [0.5, 0.6) is 0 Å². The smallest absolute Gasteiger partial charge is 0.254 e. The van der Waals surface area contributed by atoms with Gasteiger partial charge in [0.05, 0.1) is 24.6 Å². The maximum atomic E-state index is 12.9. The summed E-state index contributed by atoms with van der Waals surface area (Å²) in [7, 11) is 0. The summed E-state index contributed by atoms with van der Waals surface area (Å²) >= 11 is 0. The molecule has 2 fully saturated rings. The molecule has 28 heavy (non-hydrogen) atoms. The van der Waals surface area contributed by atoms with E-state index in [-0.39, 0.29) is 35.5 Å². The first kappa shape index (κ1) is 17.0. The largest absolute Gasteiger partial charge is 0.333 e. The molecule has 2 bridgehead atoms. The van der Waals surface area contributed by atoms with Crippen LogP contribution in [0.15, 0.2) is 41.5 Å². The van der Waals surface area contributed by atoms with Crippen molar-refractivity contribution < 1.29 is 9.59 Å². The van der Waals surface area contributed by atoms with Gasteiger partial charge in [-0.05, 0) is 37.7 Å². The fourth-order valence-corrected chi connectivity index (χ4v) is 5.20. The normalized spacial score (nSPS) is 28.5. The second-order valence-corrected chi connectivity index (χ2v) is 7.88. The van der Waals surface area contributed by atoms with Crippen LogP contribution in [0.1, 0.15) is 24.1 Å². The first-order valence-corrected chi connectivity index (χ1v) is 9.73. The molecule has 1 saturated carbocycles.